The van der Waals surface area contributed by atoms with Crippen molar-refractivity contribution in [2.24, 2.45) is 0 Å². The standard InChI is InChI=1S/C35H35F6N7O5S/c36-23-7-14-47(20-23)54(51,52)48(53-34(50)35(39,40)41)29-6-5-28(37)30(31(29)38)32(49)27-19-44-33-26(27)17-22(18-43-33)21-1-3-24(4-2-21)45-12-8-25(9-13-45)46-15-10-42-11-16-46/h1-6,17-19,23,25,42H,7-16,20H2,(H,43,44)/t23-/m1/s1. The number of hydrogen-bond donors (Lipinski definition) is 2. The Labute approximate surface area is 305 Å². The quantitative estimate of drug-likeness (QED) is 0.141. The van der Waals surface area contributed by atoms with Gasteiger partial charge in [-0.05, 0) is 55.2 Å². The molecule has 3 saturated heterocycles. The highest BCUT2D eigenvalue weighted by molar-refractivity contribution is 7.90. The van der Waals surface area contributed by atoms with E-state index in [4.69, 9.17) is 0 Å². The third-order valence-electron chi connectivity index (χ3n) is 10.00. The number of nitrogens with zero attached hydrogens (tertiary/aromatic N) is 5. The van der Waals surface area contributed by atoms with Crippen LogP contribution in [0.15, 0.2) is 54.9 Å². The Hall–Kier alpha value is -4.72. The van der Waals surface area contributed by atoms with Crippen molar-refractivity contribution in [3.8, 4) is 11.1 Å². The zero-order valence-electron chi connectivity index (χ0n) is 28.6. The molecule has 3 aliphatic rings. The normalized spacial score (nSPS) is 19.4. The highest BCUT2D eigenvalue weighted by Gasteiger charge is 2.47. The second-order valence-corrected chi connectivity index (χ2v) is 15.1. The number of benzene rings is 2. The number of pyridine rings is 1. The van der Waals surface area contributed by atoms with Crippen LogP contribution in [-0.2, 0) is 19.8 Å². The van der Waals surface area contributed by atoms with Crippen LogP contribution in [0.4, 0.5) is 37.7 Å². The molecule has 0 bridgehead atoms. The van der Waals surface area contributed by atoms with E-state index in [1.807, 2.05) is 24.3 Å². The van der Waals surface area contributed by atoms with Gasteiger partial charge in [0.05, 0.1) is 5.56 Å². The van der Waals surface area contributed by atoms with Gasteiger partial charge in [0.15, 0.2) is 5.82 Å². The summed E-state index contributed by atoms with van der Waals surface area (Å²) >= 11 is 0. The van der Waals surface area contributed by atoms with Crippen LogP contribution < -0.4 is 14.7 Å². The summed E-state index contributed by atoms with van der Waals surface area (Å²) in [6.07, 6.45) is -3.00. The number of carbonyl (C=O) groups is 2. The molecule has 0 unspecified atom stereocenters. The minimum Gasteiger partial charge on any atom is -0.371 e. The first-order valence-corrected chi connectivity index (χ1v) is 18.7. The van der Waals surface area contributed by atoms with Crippen LogP contribution in [-0.4, -0.2) is 110 Å². The van der Waals surface area contributed by atoms with E-state index in [2.05, 4.69) is 29.9 Å². The van der Waals surface area contributed by atoms with Crippen LogP contribution in [0.5, 0.6) is 0 Å². The molecule has 7 rings (SSSR count). The molecule has 5 heterocycles. The van der Waals surface area contributed by atoms with Crippen molar-refractivity contribution < 1.29 is 49.2 Å². The highest BCUT2D eigenvalue weighted by Crippen LogP contribution is 2.35. The van der Waals surface area contributed by atoms with Gasteiger partial charge in [-0.1, -0.05) is 16.6 Å². The topological polar surface area (TPSA) is 131 Å². The van der Waals surface area contributed by atoms with E-state index in [1.54, 1.807) is 12.3 Å². The van der Waals surface area contributed by atoms with Gasteiger partial charge < -0.3 is 20.0 Å². The van der Waals surface area contributed by atoms with E-state index in [9.17, 15) is 35.6 Å². The number of nitrogens with one attached hydrogen (secondary N) is 2. The zero-order valence-corrected chi connectivity index (χ0v) is 29.4. The number of anilines is 2. The van der Waals surface area contributed by atoms with Crippen LogP contribution in [0.25, 0.3) is 22.2 Å². The lowest BCUT2D eigenvalue weighted by Crippen LogP contribution is -2.52. The molecule has 2 N–H and O–H groups in total. The summed E-state index contributed by atoms with van der Waals surface area (Å²) in [5.41, 5.74) is -0.555. The number of ketones is 1. The van der Waals surface area contributed by atoms with E-state index in [0.29, 0.717) is 28.0 Å². The van der Waals surface area contributed by atoms with Gasteiger partial charge >= 0.3 is 22.4 Å². The maximum atomic E-state index is 16.2. The van der Waals surface area contributed by atoms with Crippen LogP contribution in [0.1, 0.15) is 35.2 Å². The third kappa shape index (κ3) is 7.36. The van der Waals surface area contributed by atoms with Gasteiger partial charge in [0.25, 0.3) is 0 Å². The second kappa shape index (κ2) is 14.8. The Morgan fingerprint density at radius 3 is 2.28 bits per heavy atom. The summed E-state index contributed by atoms with van der Waals surface area (Å²) in [5.74, 6) is -7.81. The number of H-pyrrole nitrogens is 1. The Morgan fingerprint density at radius 1 is 0.926 bits per heavy atom. The molecule has 1 atom stereocenters. The van der Waals surface area contributed by atoms with Gasteiger partial charge in [0.1, 0.15) is 23.3 Å². The predicted molar refractivity (Wildman–Crippen MR) is 186 cm³/mol. The molecule has 0 spiro atoms. The largest absolute Gasteiger partial charge is 0.493 e. The molecule has 0 radical (unpaired) electrons. The average molecular weight is 780 g/mol. The molecule has 2 aromatic heterocycles. The molecule has 12 nitrogen and oxygen atoms in total. The van der Waals surface area contributed by atoms with Gasteiger partial charge in [-0.2, -0.15) is 25.9 Å². The molecular formula is C35H35F6N7O5S. The Balaban J connectivity index is 1.15. The molecule has 3 fully saturated rings. The van der Waals surface area contributed by atoms with Crippen LogP contribution >= 0.6 is 0 Å². The third-order valence-corrected chi connectivity index (χ3v) is 11.7. The number of piperazine rings is 1. The zero-order chi connectivity index (χ0) is 38.4. The van der Waals surface area contributed by atoms with E-state index >= 15 is 8.78 Å². The van der Waals surface area contributed by atoms with Crippen molar-refractivity contribution in [2.45, 2.75) is 37.7 Å². The van der Waals surface area contributed by atoms with Crippen molar-refractivity contribution in [2.75, 3.05) is 61.7 Å². The number of fused-ring (bicyclic) bond motifs is 1. The molecule has 0 amide bonds. The lowest BCUT2D eigenvalue weighted by atomic mass is 9.99. The number of alkyl halides is 4. The summed E-state index contributed by atoms with van der Waals surface area (Å²) in [6.45, 7) is 4.56. The monoisotopic (exact) mass is 779 g/mol. The van der Waals surface area contributed by atoms with Gasteiger partial charge in [0.2, 0.25) is 5.78 Å². The van der Waals surface area contributed by atoms with E-state index in [0.717, 1.165) is 69.6 Å². The van der Waals surface area contributed by atoms with Gasteiger partial charge in [0, 0.05) is 93.0 Å². The molecule has 288 valence electrons. The number of rotatable bonds is 9. The molecule has 2 aromatic carbocycles. The highest BCUT2D eigenvalue weighted by atomic mass is 32.2. The summed E-state index contributed by atoms with van der Waals surface area (Å²) in [7, 11) is -5.38. The fourth-order valence-electron chi connectivity index (χ4n) is 7.13. The minimum absolute atomic E-state index is 0.139. The number of halogens is 6. The van der Waals surface area contributed by atoms with Crippen molar-refractivity contribution in [1.29, 1.82) is 0 Å². The lowest BCUT2D eigenvalue weighted by molar-refractivity contribution is -0.199. The van der Waals surface area contributed by atoms with Crippen LogP contribution in [0, 0.1) is 11.6 Å². The summed E-state index contributed by atoms with van der Waals surface area (Å²) < 4.78 is 111. The average Bonchev–Trinajstić information content (AvgIpc) is 3.81. The molecule has 0 saturated carbocycles. The maximum absolute atomic E-state index is 16.2. The van der Waals surface area contributed by atoms with Crippen molar-refractivity contribution in [3.05, 3.63) is 77.6 Å². The van der Waals surface area contributed by atoms with Crippen molar-refractivity contribution in [3.63, 3.8) is 0 Å². The molecular weight excluding hydrogens is 744 g/mol. The van der Waals surface area contributed by atoms with E-state index < -0.39 is 74.8 Å². The summed E-state index contributed by atoms with van der Waals surface area (Å²) in [5, 5.41) is 3.52. The first-order chi connectivity index (χ1) is 25.7. The van der Waals surface area contributed by atoms with E-state index in [1.165, 1.54) is 0 Å². The Morgan fingerprint density at radius 2 is 1.63 bits per heavy atom. The fraction of sp³-hybridized carbons (Fsp3) is 0.400. The number of hydrogen-bond acceptors (Lipinski definition) is 9. The Bertz CT molecular complexity index is 2150. The fourth-order valence-corrected chi connectivity index (χ4v) is 8.57. The minimum atomic E-state index is -5.74. The van der Waals surface area contributed by atoms with Gasteiger partial charge in [-0.15, -0.1) is 0 Å². The maximum Gasteiger partial charge on any atom is 0.493 e. The molecule has 3 aliphatic heterocycles. The molecule has 54 heavy (non-hydrogen) atoms. The summed E-state index contributed by atoms with van der Waals surface area (Å²) in [6, 6.07) is 10.7. The summed E-state index contributed by atoms with van der Waals surface area (Å²) in [4.78, 5) is 41.7. The van der Waals surface area contributed by atoms with Gasteiger partial charge in [-0.25, -0.2) is 22.9 Å². The van der Waals surface area contributed by atoms with Crippen molar-refractivity contribution >= 4 is 44.4 Å². The van der Waals surface area contributed by atoms with Crippen LogP contribution in [0.3, 0.4) is 0 Å². The lowest BCUT2D eigenvalue weighted by Gasteiger charge is -2.41. The van der Waals surface area contributed by atoms with Crippen molar-refractivity contribution in [1.82, 2.24) is 24.5 Å². The molecule has 0 aliphatic carbocycles. The molecule has 19 heteroatoms. The number of piperidine rings is 1. The second-order valence-electron chi connectivity index (χ2n) is 13.3. The SMILES string of the molecule is O=C(c1c(F)ccc(N(OC(=O)C(F)(F)F)S(=O)(=O)N2CC[C@@H](F)C2)c1F)c1c[nH]c2ncc(-c3ccc(N4CCC(N5CCNCC5)CC4)cc3)cc12. The van der Waals surface area contributed by atoms with Crippen LogP contribution in [0.2, 0.25) is 0 Å². The first kappa shape index (κ1) is 37.6. The smallest absolute Gasteiger partial charge is 0.371 e. The number of carbonyl (C=O) groups excluding carboxylic acids is 2. The van der Waals surface area contributed by atoms with Gasteiger partial charge in [-0.3, -0.25) is 9.69 Å². The number of aromatic amines is 1. The predicted octanol–water partition coefficient (Wildman–Crippen LogP) is 4.73. The Kier molecular flexibility index (Phi) is 10.3. The first-order valence-electron chi connectivity index (χ1n) is 17.3. The number of aromatic nitrogens is 2. The molecule has 4 aromatic rings. The van der Waals surface area contributed by atoms with E-state index in [-0.39, 0.29) is 23.0 Å².